The van der Waals surface area contributed by atoms with Crippen molar-refractivity contribution in [2.75, 3.05) is 13.2 Å². The van der Waals surface area contributed by atoms with Crippen LogP contribution in [-0.4, -0.2) is 24.7 Å². The second-order valence-corrected chi connectivity index (χ2v) is 7.24. The first kappa shape index (κ1) is 16.2. The molecule has 2 unspecified atom stereocenters. The minimum atomic E-state index is -3.13. The lowest BCUT2D eigenvalue weighted by Crippen LogP contribution is -2.15. The zero-order valence-electron chi connectivity index (χ0n) is 12.1. The van der Waals surface area contributed by atoms with Crippen molar-refractivity contribution in [3.05, 3.63) is 0 Å². The Morgan fingerprint density at radius 1 is 1.11 bits per heavy atom. The summed E-state index contributed by atoms with van der Waals surface area (Å²) in [7, 11) is -3.13. The van der Waals surface area contributed by atoms with E-state index >= 15 is 0 Å². The van der Waals surface area contributed by atoms with Crippen LogP contribution in [0.3, 0.4) is 0 Å². The Bertz CT molecular complexity index is 285. The van der Waals surface area contributed by atoms with Gasteiger partial charge in [0.15, 0.2) is 5.34 Å². The van der Waals surface area contributed by atoms with E-state index in [9.17, 15) is 4.57 Å². The molecule has 108 valence electrons. The van der Waals surface area contributed by atoms with Gasteiger partial charge in [-0.15, -0.1) is 0 Å². The van der Waals surface area contributed by atoms with E-state index in [1.165, 1.54) is 19.3 Å². The van der Waals surface area contributed by atoms with Crippen molar-refractivity contribution < 1.29 is 18.3 Å². The van der Waals surface area contributed by atoms with E-state index in [-0.39, 0.29) is 6.10 Å². The topological polar surface area (TPSA) is 48.1 Å². The Balaban J connectivity index is 2.47. The largest absolute Gasteiger partial charge is 0.364 e. The van der Waals surface area contributed by atoms with Gasteiger partial charge in [0, 0.05) is 0 Å². The molecular formula is C13H27O4P. The monoisotopic (exact) mass is 278 g/mol. The van der Waals surface area contributed by atoms with Gasteiger partial charge in [-0.3, -0.25) is 4.57 Å². The van der Waals surface area contributed by atoms with Gasteiger partial charge in [0.2, 0.25) is 0 Å². The molecule has 2 atom stereocenters. The highest BCUT2D eigenvalue weighted by Crippen LogP contribution is 2.70. The lowest BCUT2D eigenvalue weighted by molar-refractivity contribution is 0.191. The summed E-state index contributed by atoms with van der Waals surface area (Å²) < 4.78 is 29.0. The van der Waals surface area contributed by atoms with Crippen LogP contribution >= 0.6 is 7.60 Å². The van der Waals surface area contributed by atoms with Crippen molar-refractivity contribution in [3.63, 3.8) is 0 Å². The van der Waals surface area contributed by atoms with E-state index in [2.05, 4.69) is 6.92 Å². The van der Waals surface area contributed by atoms with Gasteiger partial charge in [0.05, 0.1) is 19.3 Å². The van der Waals surface area contributed by atoms with E-state index in [1.807, 2.05) is 20.8 Å². The first-order valence-electron chi connectivity index (χ1n) is 7.11. The summed E-state index contributed by atoms with van der Waals surface area (Å²) in [5, 5.41) is -0.717. The van der Waals surface area contributed by atoms with Crippen molar-refractivity contribution in [1.82, 2.24) is 0 Å². The first-order valence-corrected chi connectivity index (χ1v) is 8.65. The highest BCUT2D eigenvalue weighted by atomic mass is 31.2. The SMILES string of the molecule is CCCCCCC1OC1(C)P(=O)(OCC)OCC. The molecule has 0 aliphatic carbocycles. The molecule has 1 aliphatic rings. The second-order valence-electron chi connectivity index (χ2n) is 4.84. The van der Waals surface area contributed by atoms with Crippen LogP contribution < -0.4 is 0 Å². The molecule has 0 radical (unpaired) electrons. The molecule has 1 rings (SSSR count). The van der Waals surface area contributed by atoms with Gasteiger partial charge in [0.1, 0.15) is 0 Å². The van der Waals surface area contributed by atoms with E-state index in [0.717, 1.165) is 12.8 Å². The predicted octanol–water partition coefficient (Wildman–Crippen LogP) is 4.34. The Kier molecular flexibility index (Phi) is 6.32. The lowest BCUT2D eigenvalue weighted by atomic mass is 10.1. The molecule has 1 aliphatic heterocycles. The third kappa shape index (κ3) is 3.57. The smallest absolute Gasteiger partial charge is 0.353 e. The Morgan fingerprint density at radius 2 is 1.72 bits per heavy atom. The summed E-state index contributed by atoms with van der Waals surface area (Å²) in [5.41, 5.74) is 0. The molecule has 0 saturated carbocycles. The second kappa shape index (κ2) is 7.04. The Morgan fingerprint density at radius 3 is 2.22 bits per heavy atom. The fourth-order valence-electron chi connectivity index (χ4n) is 2.21. The maximum absolute atomic E-state index is 12.6. The fourth-order valence-corrected chi connectivity index (χ4v) is 4.22. The van der Waals surface area contributed by atoms with Crippen molar-refractivity contribution >= 4 is 7.60 Å². The van der Waals surface area contributed by atoms with Crippen LogP contribution in [0.2, 0.25) is 0 Å². The molecule has 5 heteroatoms. The molecule has 1 heterocycles. The van der Waals surface area contributed by atoms with Crippen molar-refractivity contribution in [2.24, 2.45) is 0 Å². The number of epoxide rings is 1. The molecule has 0 amide bonds. The maximum atomic E-state index is 12.6. The highest BCUT2D eigenvalue weighted by molar-refractivity contribution is 7.55. The van der Waals surface area contributed by atoms with Crippen LogP contribution in [0.15, 0.2) is 0 Å². The Hall–Kier alpha value is 0.110. The van der Waals surface area contributed by atoms with Crippen molar-refractivity contribution in [2.45, 2.75) is 71.2 Å². The average Bonchev–Trinajstić information content (AvgIpc) is 2.99. The minimum Gasteiger partial charge on any atom is -0.353 e. The van der Waals surface area contributed by atoms with Crippen LogP contribution in [0, 0.1) is 0 Å². The molecular weight excluding hydrogens is 251 g/mol. The minimum absolute atomic E-state index is 0.0262. The Labute approximate surface area is 111 Å². The molecule has 0 N–H and O–H groups in total. The van der Waals surface area contributed by atoms with Gasteiger partial charge in [-0.2, -0.15) is 0 Å². The summed E-state index contributed by atoms with van der Waals surface area (Å²) in [6, 6.07) is 0. The van der Waals surface area contributed by atoms with Gasteiger partial charge in [-0.05, 0) is 27.2 Å². The molecule has 1 saturated heterocycles. The van der Waals surface area contributed by atoms with Crippen LogP contribution in [-0.2, 0) is 18.3 Å². The first-order chi connectivity index (χ1) is 8.54. The molecule has 0 aromatic carbocycles. The number of unbranched alkanes of at least 4 members (excludes halogenated alkanes) is 3. The van der Waals surface area contributed by atoms with E-state index in [1.54, 1.807) is 0 Å². The molecule has 0 aromatic rings. The van der Waals surface area contributed by atoms with Gasteiger partial charge >= 0.3 is 7.60 Å². The molecule has 0 bridgehead atoms. The molecule has 18 heavy (non-hydrogen) atoms. The van der Waals surface area contributed by atoms with Crippen LogP contribution in [0.1, 0.15) is 59.8 Å². The van der Waals surface area contributed by atoms with Gasteiger partial charge < -0.3 is 13.8 Å². The third-order valence-corrected chi connectivity index (χ3v) is 6.06. The van der Waals surface area contributed by atoms with Crippen LogP contribution in [0.4, 0.5) is 0 Å². The third-order valence-electron chi connectivity index (χ3n) is 3.38. The van der Waals surface area contributed by atoms with Gasteiger partial charge in [-0.25, -0.2) is 0 Å². The number of hydrogen-bond acceptors (Lipinski definition) is 4. The summed E-state index contributed by atoms with van der Waals surface area (Å²) >= 11 is 0. The fraction of sp³-hybridized carbons (Fsp3) is 1.00. The zero-order valence-corrected chi connectivity index (χ0v) is 13.0. The van der Waals surface area contributed by atoms with E-state index in [0.29, 0.717) is 13.2 Å². The summed E-state index contributed by atoms with van der Waals surface area (Å²) in [4.78, 5) is 0. The normalized spacial score (nSPS) is 27.4. The van der Waals surface area contributed by atoms with Gasteiger partial charge in [-0.1, -0.05) is 32.6 Å². The summed E-state index contributed by atoms with van der Waals surface area (Å²) in [6.45, 7) is 8.47. The summed E-state index contributed by atoms with van der Waals surface area (Å²) in [6.07, 6.45) is 5.77. The summed E-state index contributed by atoms with van der Waals surface area (Å²) in [5.74, 6) is 0. The lowest BCUT2D eigenvalue weighted by Gasteiger charge is -2.21. The predicted molar refractivity (Wildman–Crippen MR) is 72.9 cm³/mol. The van der Waals surface area contributed by atoms with Crippen LogP contribution in [0.5, 0.6) is 0 Å². The standard InChI is InChI=1S/C13H27O4P/c1-5-8-9-10-11-12-13(4,17-12)18(14,15-6-2)16-7-3/h12H,5-11H2,1-4H3. The number of hydrogen-bond donors (Lipinski definition) is 0. The quantitative estimate of drug-likeness (QED) is 0.339. The van der Waals surface area contributed by atoms with Gasteiger partial charge in [0.25, 0.3) is 0 Å². The van der Waals surface area contributed by atoms with Crippen molar-refractivity contribution in [3.8, 4) is 0 Å². The molecule has 0 aromatic heterocycles. The average molecular weight is 278 g/mol. The molecule has 0 spiro atoms. The van der Waals surface area contributed by atoms with Crippen LogP contribution in [0.25, 0.3) is 0 Å². The molecule has 1 fully saturated rings. The highest BCUT2D eigenvalue weighted by Gasteiger charge is 2.66. The van der Waals surface area contributed by atoms with Crippen molar-refractivity contribution in [1.29, 1.82) is 0 Å². The zero-order chi connectivity index (χ0) is 13.6. The number of rotatable bonds is 10. The maximum Gasteiger partial charge on any atom is 0.364 e. The number of ether oxygens (including phenoxy) is 1. The molecule has 4 nitrogen and oxygen atoms in total. The van der Waals surface area contributed by atoms with E-state index in [4.69, 9.17) is 13.8 Å². The van der Waals surface area contributed by atoms with E-state index < -0.39 is 12.9 Å².